The summed E-state index contributed by atoms with van der Waals surface area (Å²) in [5.74, 6) is 1.77. The first-order valence-electron chi connectivity index (χ1n) is 7.50. The van der Waals surface area contributed by atoms with Crippen LogP contribution in [0.4, 0.5) is 0 Å². The van der Waals surface area contributed by atoms with E-state index in [4.69, 9.17) is 14.0 Å². The molecule has 0 bridgehead atoms. The maximum atomic E-state index is 12.5. The summed E-state index contributed by atoms with van der Waals surface area (Å²) in [6, 6.07) is 5.61. The summed E-state index contributed by atoms with van der Waals surface area (Å²) in [5.41, 5.74) is 1.86. The van der Waals surface area contributed by atoms with E-state index in [2.05, 4.69) is 10.5 Å². The van der Waals surface area contributed by atoms with Gasteiger partial charge in [-0.3, -0.25) is 4.79 Å². The van der Waals surface area contributed by atoms with Gasteiger partial charge in [0.1, 0.15) is 17.0 Å². The number of amides is 1. The van der Waals surface area contributed by atoms with Gasteiger partial charge in [-0.2, -0.15) is 0 Å². The van der Waals surface area contributed by atoms with E-state index < -0.39 is 0 Å². The molecule has 122 valence electrons. The third-order valence-corrected chi connectivity index (χ3v) is 3.69. The van der Waals surface area contributed by atoms with Crippen LogP contribution in [0.5, 0.6) is 11.5 Å². The van der Waals surface area contributed by atoms with E-state index in [1.807, 2.05) is 39.0 Å². The van der Waals surface area contributed by atoms with Gasteiger partial charge in [-0.25, -0.2) is 0 Å². The van der Waals surface area contributed by atoms with Crippen molar-refractivity contribution in [3.63, 3.8) is 0 Å². The van der Waals surface area contributed by atoms with Crippen LogP contribution in [-0.4, -0.2) is 17.9 Å². The summed E-state index contributed by atoms with van der Waals surface area (Å²) in [5, 5.41) is 6.95. The number of hydrogen-bond donors (Lipinski definition) is 1. The minimum Gasteiger partial charge on any atom is -0.454 e. The van der Waals surface area contributed by atoms with Gasteiger partial charge in [0.05, 0.1) is 0 Å². The van der Waals surface area contributed by atoms with Crippen LogP contribution in [0.3, 0.4) is 0 Å². The Hall–Kier alpha value is -2.50. The minimum absolute atomic E-state index is 0.189. The molecule has 1 N–H and O–H groups in total. The first kappa shape index (κ1) is 15.4. The molecule has 2 heterocycles. The third-order valence-electron chi connectivity index (χ3n) is 3.69. The van der Waals surface area contributed by atoms with Crippen LogP contribution in [0.2, 0.25) is 0 Å². The molecule has 1 aromatic heterocycles. The van der Waals surface area contributed by atoms with Gasteiger partial charge in [0, 0.05) is 12.0 Å². The van der Waals surface area contributed by atoms with Crippen LogP contribution in [0.25, 0.3) is 0 Å². The number of aromatic nitrogens is 1. The van der Waals surface area contributed by atoms with Gasteiger partial charge in [0.15, 0.2) is 11.5 Å². The average Bonchev–Trinajstić information content (AvgIpc) is 3.09. The molecule has 2 aromatic rings. The molecule has 0 saturated carbocycles. The number of aryl methyl sites for hydroxylation is 1. The molecule has 6 heteroatoms. The number of benzene rings is 1. The fourth-order valence-corrected chi connectivity index (χ4v) is 2.47. The van der Waals surface area contributed by atoms with Crippen LogP contribution in [-0.2, 0) is 12.0 Å². The highest BCUT2D eigenvalue weighted by Gasteiger charge is 2.28. The molecule has 23 heavy (non-hydrogen) atoms. The lowest BCUT2D eigenvalue weighted by Crippen LogP contribution is -2.27. The molecule has 0 radical (unpaired) electrons. The first-order chi connectivity index (χ1) is 10.9. The highest BCUT2D eigenvalue weighted by Crippen LogP contribution is 2.32. The smallest absolute Gasteiger partial charge is 0.257 e. The maximum absolute atomic E-state index is 12.5. The molecule has 0 atom stereocenters. The summed E-state index contributed by atoms with van der Waals surface area (Å²) in [6.07, 6.45) is 0. The monoisotopic (exact) mass is 316 g/mol. The number of carbonyl (C=O) groups excluding carboxylic acids is 1. The normalized spacial score (nSPS) is 13.2. The average molecular weight is 316 g/mol. The van der Waals surface area contributed by atoms with Crippen molar-refractivity contribution in [3.05, 3.63) is 40.8 Å². The molecule has 0 unspecified atom stereocenters. The summed E-state index contributed by atoms with van der Waals surface area (Å²) in [7, 11) is 0. The molecule has 0 spiro atoms. The molecule has 6 nitrogen and oxygen atoms in total. The van der Waals surface area contributed by atoms with E-state index in [1.54, 1.807) is 6.92 Å². The van der Waals surface area contributed by atoms with Gasteiger partial charge in [-0.15, -0.1) is 0 Å². The topological polar surface area (TPSA) is 73.6 Å². The number of hydrogen-bond acceptors (Lipinski definition) is 5. The first-order valence-corrected chi connectivity index (χ1v) is 7.50. The van der Waals surface area contributed by atoms with Crippen molar-refractivity contribution in [1.82, 2.24) is 10.5 Å². The number of rotatable bonds is 3. The number of fused-ring (bicyclic) bond motifs is 1. The lowest BCUT2D eigenvalue weighted by Gasteiger charge is -2.16. The maximum Gasteiger partial charge on any atom is 0.257 e. The number of nitrogens with zero attached hydrogens (tertiary/aromatic N) is 1. The summed E-state index contributed by atoms with van der Waals surface area (Å²) in [4.78, 5) is 12.5. The van der Waals surface area contributed by atoms with Gasteiger partial charge in [-0.05, 0) is 24.6 Å². The Balaban J connectivity index is 1.74. The van der Waals surface area contributed by atoms with E-state index in [9.17, 15) is 4.79 Å². The van der Waals surface area contributed by atoms with E-state index in [0.29, 0.717) is 29.3 Å². The number of carbonyl (C=O) groups is 1. The zero-order chi connectivity index (χ0) is 16.6. The second-order valence-electron chi connectivity index (χ2n) is 6.58. The Morgan fingerprint density at radius 1 is 1.26 bits per heavy atom. The molecule has 0 aliphatic carbocycles. The third kappa shape index (κ3) is 3.02. The summed E-state index contributed by atoms with van der Waals surface area (Å²) >= 11 is 0. The van der Waals surface area contributed by atoms with E-state index in [-0.39, 0.29) is 18.1 Å². The van der Waals surface area contributed by atoms with Crippen molar-refractivity contribution in [2.24, 2.45) is 0 Å². The van der Waals surface area contributed by atoms with Crippen molar-refractivity contribution in [3.8, 4) is 11.5 Å². The van der Waals surface area contributed by atoms with Crippen LogP contribution in [0.1, 0.15) is 48.1 Å². The highest BCUT2D eigenvalue weighted by molar-refractivity contribution is 5.96. The molecule has 3 rings (SSSR count). The van der Waals surface area contributed by atoms with Gasteiger partial charge in [0.2, 0.25) is 6.79 Å². The van der Waals surface area contributed by atoms with Crippen molar-refractivity contribution >= 4 is 5.91 Å². The highest BCUT2D eigenvalue weighted by atomic mass is 16.7. The van der Waals surface area contributed by atoms with Gasteiger partial charge in [0.25, 0.3) is 5.91 Å². The Morgan fingerprint density at radius 2 is 2.00 bits per heavy atom. The Morgan fingerprint density at radius 3 is 2.74 bits per heavy atom. The molecule has 1 aliphatic heterocycles. The van der Waals surface area contributed by atoms with E-state index in [0.717, 1.165) is 11.3 Å². The Labute approximate surface area is 134 Å². The zero-order valence-corrected chi connectivity index (χ0v) is 13.7. The molecule has 1 amide bonds. The molecular formula is C17H20N2O4. The fraction of sp³-hybridized carbons (Fsp3) is 0.412. The van der Waals surface area contributed by atoms with Crippen LogP contribution >= 0.6 is 0 Å². The molecular weight excluding hydrogens is 296 g/mol. The lowest BCUT2D eigenvalue weighted by atomic mass is 9.88. The number of nitrogens with one attached hydrogen (secondary N) is 1. The van der Waals surface area contributed by atoms with Gasteiger partial charge >= 0.3 is 0 Å². The molecule has 1 aliphatic rings. The predicted molar refractivity (Wildman–Crippen MR) is 83.7 cm³/mol. The second-order valence-corrected chi connectivity index (χ2v) is 6.58. The molecule has 1 aromatic carbocycles. The SMILES string of the molecule is Cc1onc(C(C)(C)C)c1C(=O)NCc1ccc2c(c1)OCO2. The van der Waals surface area contributed by atoms with E-state index >= 15 is 0 Å². The predicted octanol–water partition coefficient (Wildman–Crippen LogP) is 2.94. The lowest BCUT2D eigenvalue weighted by molar-refractivity contribution is 0.0947. The number of ether oxygens (including phenoxy) is 2. The second kappa shape index (κ2) is 5.61. The van der Waals surface area contributed by atoms with Crippen LogP contribution in [0, 0.1) is 6.92 Å². The van der Waals surface area contributed by atoms with Gasteiger partial charge < -0.3 is 19.3 Å². The summed E-state index contributed by atoms with van der Waals surface area (Å²) in [6.45, 7) is 8.37. The van der Waals surface area contributed by atoms with Crippen molar-refractivity contribution in [2.45, 2.75) is 39.7 Å². The Bertz CT molecular complexity index is 744. The minimum atomic E-state index is -0.261. The largest absolute Gasteiger partial charge is 0.454 e. The zero-order valence-electron chi connectivity index (χ0n) is 13.7. The molecule has 0 saturated heterocycles. The summed E-state index contributed by atoms with van der Waals surface area (Å²) < 4.78 is 15.8. The van der Waals surface area contributed by atoms with Crippen molar-refractivity contribution in [1.29, 1.82) is 0 Å². The fourth-order valence-electron chi connectivity index (χ4n) is 2.47. The van der Waals surface area contributed by atoms with Crippen LogP contribution < -0.4 is 14.8 Å². The van der Waals surface area contributed by atoms with E-state index in [1.165, 1.54) is 0 Å². The van der Waals surface area contributed by atoms with Crippen molar-refractivity contribution in [2.75, 3.05) is 6.79 Å². The standard InChI is InChI=1S/C17H20N2O4/c1-10-14(15(19-23-10)17(2,3)4)16(20)18-8-11-5-6-12-13(7-11)22-9-21-12/h5-7H,8-9H2,1-4H3,(H,18,20). The van der Waals surface area contributed by atoms with Gasteiger partial charge in [-0.1, -0.05) is 32.0 Å². The van der Waals surface area contributed by atoms with Crippen LogP contribution in [0.15, 0.2) is 22.7 Å². The quantitative estimate of drug-likeness (QED) is 0.942. The molecule has 0 fully saturated rings. The Kier molecular flexibility index (Phi) is 3.75. The van der Waals surface area contributed by atoms with Crippen molar-refractivity contribution < 1.29 is 18.8 Å².